The first-order valence-electron chi connectivity index (χ1n) is 2.18. The van der Waals surface area contributed by atoms with Crippen LogP contribution in [0.3, 0.4) is 0 Å². The Morgan fingerprint density at radius 1 is 1.86 bits per heavy atom. The van der Waals surface area contributed by atoms with Crippen molar-refractivity contribution in [1.82, 2.24) is 0 Å². The molecule has 0 saturated heterocycles. The molecule has 1 atom stereocenters. The molecule has 1 N–H and O–H groups in total. The smallest absolute Gasteiger partial charge is 0.0726 e. The third-order valence-electron chi connectivity index (χ3n) is 0.677. The van der Waals surface area contributed by atoms with Gasteiger partial charge in [0.15, 0.2) is 0 Å². The second kappa shape index (κ2) is 4.34. The molecule has 7 heavy (non-hydrogen) atoms. The Morgan fingerprint density at radius 3 is 2.57 bits per heavy atom. The monoisotopic (exact) mass is 164 g/mol. The van der Waals surface area contributed by atoms with Crippen molar-refractivity contribution in [2.24, 2.45) is 0 Å². The maximum atomic E-state index is 8.71. The fraction of sp³-hybridized carbons (Fsp3) is 0.600. The molecular weight excluding hydrogens is 156 g/mol. The second-order valence-electron chi connectivity index (χ2n) is 1.28. The van der Waals surface area contributed by atoms with Gasteiger partial charge in [-0.05, 0) is 6.42 Å². The van der Waals surface area contributed by atoms with E-state index >= 15 is 0 Å². The van der Waals surface area contributed by atoms with Crippen LogP contribution in [0.25, 0.3) is 0 Å². The van der Waals surface area contributed by atoms with Crippen LogP contribution < -0.4 is 0 Å². The fourth-order valence-corrected chi connectivity index (χ4v) is 0.699. The number of hydrogen-bond donors (Lipinski definition) is 1. The lowest BCUT2D eigenvalue weighted by Gasteiger charge is -1.97. The molecule has 0 radical (unpaired) electrons. The Balaban J connectivity index is 2.98. The Labute approximate surface area is 52.2 Å². The van der Waals surface area contributed by atoms with Crippen molar-refractivity contribution in [2.75, 3.05) is 5.33 Å². The molecule has 0 aromatic carbocycles. The topological polar surface area (TPSA) is 20.2 Å². The van der Waals surface area contributed by atoms with Crippen LogP contribution in [-0.2, 0) is 0 Å². The van der Waals surface area contributed by atoms with E-state index in [-0.39, 0.29) is 6.10 Å². The van der Waals surface area contributed by atoms with Crippen LogP contribution in [0.15, 0.2) is 12.7 Å². The van der Waals surface area contributed by atoms with E-state index in [1.54, 1.807) is 0 Å². The minimum Gasteiger partial charge on any atom is -0.389 e. The normalized spacial score (nSPS) is 13.4. The van der Waals surface area contributed by atoms with Crippen LogP contribution in [0, 0.1) is 0 Å². The lowest BCUT2D eigenvalue weighted by atomic mass is 10.3. The van der Waals surface area contributed by atoms with Gasteiger partial charge in [0.1, 0.15) is 0 Å². The third kappa shape index (κ3) is 4.02. The highest BCUT2D eigenvalue weighted by Crippen LogP contribution is 1.94. The zero-order valence-electron chi connectivity index (χ0n) is 4.10. The zero-order valence-corrected chi connectivity index (χ0v) is 5.69. The van der Waals surface area contributed by atoms with Gasteiger partial charge in [-0.25, -0.2) is 0 Å². The summed E-state index contributed by atoms with van der Waals surface area (Å²) in [6, 6.07) is 0. The van der Waals surface area contributed by atoms with Crippen LogP contribution in [0.1, 0.15) is 6.42 Å². The van der Waals surface area contributed by atoms with Crippen LogP contribution >= 0.6 is 15.9 Å². The highest BCUT2D eigenvalue weighted by Gasteiger charge is 1.91. The summed E-state index contributed by atoms with van der Waals surface area (Å²) in [5.41, 5.74) is 0. The maximum absolute atomic E-state index is 8.71. The Kier molecular flexibility index (Phi) is 4.45. The van der Waals surface area contributed by atoms with E-state index in [4.69, 9.17) is 5.11 Å². The van der Waals surface area contributed by atoms with Crippen molar-refractivity contribution in [3.8, 4) is 0 Å². The maximum Gasteiger partial charge on any atom is 0.0726 e. The summed E-state index contributed by atoms with van der Waals surface area (Å²) >= 11 is 3.18. The predicted molar refractivity (Wildman–Crippen MR) is 34.6 cm³/mol. The van der Waals surface area contributed by atoms with E-state index in [1.165, 1.54) is 6.08 Å². The van der Waals surface area contributed by atoms with Crippen molar-refractivity contribution >= 4 is 15.9 Å². The summed E-state index contributed by atoms with van der Waals surface area (Å²) < 4.78 is 0. The largest absolute Gasteiger partial charge is 0.389 e. The molecule has 0 amide bonds. The molecule has 2 heteroatoms. The first kappa shape index (κ1) is 7.18. The molecule has 0 saturated carbocycles. The summed E-state index contributed by atoms with van der Waals surface area (Å²) in [7, 11) is 0. The van der Waals surface area contributed by atoms with Gasteiger partial charge in [0.25, 0.3) is 0 Å². The van der Waals surface area contributed by atoms with E-state index in [9.17, 15) is 0 Å². The molecule has 0 spiro atoms. The van der Waals surface area contributed by atoms with Gasteiger partial charge in [-0.15, -0.1) is 6.58 Å². The predicted octanol–water partition coefficient (Wildman–Crippen LogP) is 1.32. The number of hydrogen-bond acceptors (Lipinski definition) is 1. The number of alkyl halides is 1. The summed E-state index contributed by atoms with van der Waals surface area (Å²) in [5, 5.41) is 9.54. The average molecular weight is 165 g/mol. The number of aliphatic hydroxyl groups is 1. The lowest BCUT2D eigenvalue weighted by molar-refractivity contribution is 0.221. The standard InChI is InChI=1S/C5H9BrO/c1-2-5(7)3-4-6/h2,5,7H,1,3-4H2/t5-/m1/s1. The Morgan fingerprint density at radius 2 is 2.43 bits per heavy atom. The fourth-order valence-electron chi connectivity index (χ4n) is 0.230. The van der Waals surface area contributed by atoms with E-state index in [0.29, 0.717) is 0 Å². The molecule has 0 bridgehead atoms. The minimum atomic E-state index is -0.334. The third-order valence-corrected chi connectivity index (χ3v) is 1.13. The highest BCUT2D eigenvalue weighted by atomic mass is 79.9. The van der Waals surface area contributed by atoms with Gasteiger partial charge in [0.05, 0.1) is 6.10 Å². The van der Waals surface area contributed by atoms with Gasteiger partial charge in [-0.3, -0.25) is 0 Å². The van der Waals surface area contributed by atoms with Crippen molar-refractivity contribution in [2.45, 2.75) is 12.5 Å². The molecule has 42 valence electrons. The van der Waals surface area contributed by atoms with Crippen LogP contribution in [0.5, 0.6) is 0 Å². The zero-order chi connectivity index (χ0) is 5.70. The molecule has 0 aliphatic carbocycles. The molecule has 0 aliphatic rings. The van der Waals surface area contributed by atoms with E-state index in [1.807, 2.05) is 0 Å². The lowest BCUT2D eigenvalue weighted by Crippen LogP contribution is -2.00. The second-order valence-corrected chi connectivity index (χ2v) is 2.07. The number of aliphatic hydroxyl groups excluding tert-OH is 1. The van der Waals surface area contributed by atoms with Crippen molar-refractivity contribution in [1.29, 1.82) is 0 Å². The quantitative estimate of drug-likeness (QED) is 0.493. The van der Waals surface area contributed by atoms with Gasteiger partial charge in [0, 0.05) is 5.33 Å². The van der Waals surface area contributed by atoms with Crippen LogP contribution in [0.4, 0.5) is 0 Å². The first-order valence-corrected chi connectivity index (χ1v) is 3.30. The van der Waals surface area contributed by atoms with Crippen molar-refractivity contribution in [3.05, 3.63) is 12.7 Å². The minimum absolute atomic E-state index is 0.334. The molecule has 0 rings (SSSR count). The first-order chi connectivity index (χ1) is 3.31. The van der Waals surface area contributed by atoms with Gasteiger partial charge in [0.2, 0.25) is 0 Å². The Bertz CT molecular complexity index is 54.0. The van der Waals surface area contributed by atoms with Gasteiger partial charge >= 0.3 is 0 Å². The Hall–Kier alpha value is 0.180. The van der Waals surface area contributed by atoms with Crippen LogP contribution in [0.2, 0.25) is 0 Å². The summed E-state index contributed by atoms with van der Waals surface area (Å²) in [6.45, 7) is 3.41. The number of halogens is 1. The molecule has 0 aliphatic heterocycles. The summed E-state index contributed by atoms with van der Waals surface area (Å²) in [6.07, 6.45) is 1.95. The molecule has 0 aromatic rings. The molecule has 1 nitrogen and oxygen atoms in total. The molecule has 0 aromatic heterocycles. The van der Waals surface area contributed by atoms with E-state index in [2.05, 4.69) is 22.5 Å². The van der Waals surface area contributed by atoms with Crippen molar-refractivity contribution in [3.63, 3.8) is 0 Å². The molecule has 0 fully saturated rings. The van der Waals surface area contributed by atoms with Gasteiger partial charge in [-0.1, -0.05) is 22.0 Å². The van der Waals surface area contributed by atoms with Crippen LogP contribution in [-0.4, -0.2) is 16.5 Å². The summed E-state index contributed by atoms with van der Waals surface area (Å²) in [5.74, 6) is 0. The number of rotatable bonds is 3. The molecule has 0 unspecified atom stereocenters. The molecule has 0 heterocycles. The highest BCUT2D eigenvalue weighted by molar-refractivity contribution is 9.09. The van der Waals surface area contributed by atoms with E-state index in [0.717, 1.165) is 11.8 Å². The van der Waals surface area contributed by atoms with Crippen molar-refractivity contribution < 1.29 is 5.11 Å². The summed E-state index contributed by atoms with van der Waals surface area (Å²) in [4.78, 5) is 0. The van der Waals surface area contributed by atoms with E-state index < -0.39 is 0 Å². The van der Waals surface area contributed by atoms with Gasteiger partial charge < -0.3 is 5.11 Å². The molecular formula is C5H9BrO. The van der Waals surface area contributed by atoms with Gasteiger partial charge in [-0.2, -0.15) is 0 Å². The SMILES string of the molecule is C=C[C@@H](O)CCBr. The average Bonchev–Trinajstić information content (AvgIpc) is 1.68.